The van der Waals surface area contributed by atoms with Gasteiger partial charge in [-0.1, -0.05) is 17.7 Å². The summed E-state index contributed by atoms with van der Waals surface area (Å²) in [6.45, 7) is 7.98. The Morgan fingerprint density at radius 2 is 2.00 bits per heavy atom. The molecule has 2 aromatic carbocycles. The monoisotopic (exact) mass is 407 g/mol. The first-order valence-electron chi connectivity index (χ1n) is 9.88. The van der Waals surface area contributed by atoms with Gasteiger partial charge < -0.3 is 15.0 Å². The van der Waals surface area contributed by atoms with Crippen molar-refractivity contribution in [3.63, 3.8) is 0 Å². The zero-order chi connectivity index (χ0) is 20.4. The van der Waals surface area contributed by atoms with Gasteiger partial charge in [-0.05, 0) is 56.7 Å². The molecule has 0 atom stereocenters. The Hall–Kier alpha value is -2.86. The summed E-state index contributed by atoms with van der Waals surface area (Å²) < 4.78 is 5.51. The third-order valence-corrected chi connectivity index (χ3v) is 6.19. The van der Waals surface area contributed by atoms with Gasteiger partial charge in [0, 0.05) is 29.1 Å². The van der Waals surface area contributed by atoms with Crippen LogP contribution in [0.5, 0.6) is 5.75 Å². The average Bonchev–Trinajstić information content (AvgIpc) is 3.14. The second-order valence-corrected chi connectivity index (χ2v) is 8.35. The molecule has 29 heavy (non-hydrogen) atoms. The number of urea groups is 1. The van der Waals surface area contributed by atoms with Crippen molar-refractivity contribution in [3.05, 3.63) is 64.2 Å². The van der Waals surface area contributed by atoms with Gasteiger partial charge in [0.2, 0.25) is 0 Å². The summed E-state index contributed by atoms with van der Waals surface area (Å²) >= 11 is 1.67. The zero-order valence-corrected chi connectivity index (χ0v) is 17.8. The van der Waals surface area contributed by atoms with Crippen LogP contribution < -0.4 is 10.1 Å². The van der Waals surface area contributed by atoms with E-state index in [0.717, 1.165) is 44.6 Å². The predicted octanol–water partition coefficient (Wildman–Crippen LogP) is 5.42. The van der Waals surface area contributed by atoms with Crippen molar-refractivity contribution in [2.45, 2.75) is 33.7 Å². The highest BCUT2D eigenvalue weighted by Crippen LogP contribution is 2.32. The standard InChI is InChI=1S/C23H25N3O2S/c1-4-28-18-8-6-17(7-9-18)22-24-20-11-12-26(14-21(20)29-22)23(27)25-19-10-5-15(2)13-16(19)3/h5-10,13H,4,11-12,14H2,1-3H3,(H,25,27). The fourth-order valence-corrected chi connectivity index (χ4v) is 4.63. The minimum absolute atomic E-state index is 0.0568. The number of anilines is 1. The van der Waals surface area contributed by atoms with Crippen LogP contribution >= 0.6 is 11.3 Å². The molecule has 0 saturated carbocycles. The number of hydrogen-bond donors (Lipinski definition) is 1. The Morgan fingerprint density at radius 3 is 2.72 bits per heavy atom. The average molecular weight is 408 g/mol. The van der Waals surface area contributed by atoms with E-state index in [9.17, 15) is 4.79 Å². The van der Waals surface area contributed by atoms with Crippen LogP contribution in [0.1, 0.15) is 28.6 Å². The highest BCUT2D eigenvalue weighted by molar-refractivity contribution is 7.15. The van der Waals surface area contributed by atoms with Crippen molar-refractivity contribution < 1.29 is 9.53 Å². The molecule has 0 bridgehead atoms. The number of nitrogens with one attached hydrogen (secondary N) is 1. The van der Waals surface area contributed by atoms with Crippen LogP contribution in [0, 0.1) is 13.8 Å². The van der Waals surface area contributed by atoms with E-state index < -0.39 is 0 Å². The third kappa shape index (κ3) is 4.27. The Bertz CT molecular complexity index is 1030. The van der Waals surface area contributed by atoms with Crippen molar-refractivity contribution in [3.8, 4) is 16.3 Å². The van der Waals surface area contributed by atoms with E-state index in [1.165, 1.54) is 5.56 Å². The van der Waals surface area contributed by atoms with Gasteiger partial charge in [-0.3, -0.25) is 0 Å². The summed E-state index contributed by atoms with van der Waals surface area (Å²) in [5, 5.41) is 4.05. The first-order valence-corrected chi connectivity index (χ1v) is 10.7. The SMILES string of the molecule is CCOc1ccc(-c2nc3c(s2)CN(C(=O)Nc2ccc(C)cc2C)CC3)cc1. The number of ether oxygens (including phenoxy) is 1. The quantitative estimate of drug-likeness (QED) is 0.629. The van der Waals surface area contributed by atoms with Crippen molar-refractivity contribution in [2.24, 2.45) is 0 Å². The molecular formula is C23H25N3O2S. The van der Waals surface area contributed by atoms with Gasteiger partial charge in [-0.2, -0.15) is 0 Å². The van der Waals surface area contributed by atoms with Gasteiger partial charge in [0.05, 0.1) is 18.8 Å². The highest BCUT2D eigenvalue weighted by Gasteiger charge is 2.24. The van der Waals surface area contributed by atoms with Crippen LogP contribution in [-0.2, 0) is 13.0 Å². The second kappa shape index (κ2) is 8.25. The van der Waals surface area contributed by atoms with Crippen LogP contribution in [-0.4, -0.2) is 29.1 Å². The number of nitrogens with zero attached hydrogens (tertiary/aromatic N) is 2. The minimum Gasteiger partial charge on any atom is -0.494 e. The molecule has 0 unspecified atom stereocenters. The highest BCUT2D eigenvalue weighted by atomic mass is 32.1. The number of carbonyl (C=O) groups is 1. The summed E-state index contributed by atoms with van der Waals surface area (Å²) in [7, 11) is 0. The fraction of sp³-hybridized carbons (Fsp3) is 0.304. The molecule has 0 fully saturated rings. The molecule has 1 N–H and O–H groups in total. The molecule has 1 aromatic heterocycles. The van der Waals surface area contributed by atoms with Gasteiger partial charge >= 0.3 is 6.03 Å². The first-order chi connectivity index (χ1) is 14.0. The molecule has 0 spiro atoms. The summed E-state index contributed by atoms with van der Waals surface area (Å²) in [5.41, 5.74) is 5.32. The lowest BCUT2D eigenvalue weighted by molar-refractivity contribution is 0.207. The number of fused-ring (bicyclic) bond motifs is 1. The van der Waals surface area contributed by atoms with Gasteiger partial charge in [0.1, 0.15) is 10.8 Å². The lowest BCUT2D eigenvalue weighted by atomic mass is 10.1. The molecule has 1 aliphatic heterocycles. The first kappa shape index (κ1) is 19.5. The molecule has 1 aliphatic rings. The van der Waals surface area contributed by atoms with E-state index in [0.29, 0.717) is 19.7 Å². The molecule has 0 saturated heterocycles. The summed E-state index contributed by atoms with van der Waals surface area (Å²) in [6, 6.07) is 14.0. The molecule has 0 aliphatic carbocycles. The smallest absolute Gasteiger partial charge is 0.322 e. The topological polar surface area (TPSA) is 54.5 Å². The normalized spacial score (nSPS) is 13.1. The summed E-state index contributed by atoms with van der Waals surface area (Å²) in [6.07, 6.45) is 0.781. The van der Waals surface area contributed by atoms with E-state index in [1.807, 2.05) is 55.1 Å². The molecule has 5 nitrogen and oxygen atoms in total. The number of carbonyl (C=O) groups excluding carboxylic acids is 1. The maximum absolute atomic E-state index is 12.8. The van der Waals surface area contributed by atoms with Gasteiger partial charge in [0.15, 0.2) is 0 Å². The minimum atomic E-state index is -0.0568. The number of aryl methyl sites for hydroxylation is 2. The van der Waals surface area contributed by atoms with Crippen LogP contribution in [0.4, 0.5) is 10.5 Å². The molecule has 2 heterocycles. The lowest BCUT2D eigenvalue weighted by Crippen LogP contribution is -2.38. The van der Waals surface area contributed by atoms with Crippen LogP contribution in [0.15, 0.2) is 42.5 Å². The number of rotatable bonds is 4. The molecule has 6 heteroatoms. The second-order valence-electron chi connectivity index (χ2n) is 7.27. The van der Waals surface area contributed by atoms with Gasteiger partial charge in [0.25, 0.3) is 0 Å². The van der Waals surface area contributed by atoms with Crippen LogP contribution in [0.25, 0.3) is 10.6 Å². The fourth-order valence-electron chi connectivity index (χ4n) is 3.50. The van der Waals surface area contributed by atoms with E-state index in [2.05, 4.69) is 18.3 Å². The Kier molecular flexibility index (Phi) is 5.53. The number of aromatic nitrogens is 1. The molecule has 0 radical (unpaired) electrons. The lowest BCUT2D eigenvalue weighted by Gasteiger charge is -2.26. The molecule has 4 rings (SSSR count). The Labute approximate surface area is 175 Å². The molecule has 3 aromatic rings. The predicted molar refractivity (Wildman–Crippen MR) is 118 cm³/mol. The zero-order valence-electron chi connectivity index (χ0n) is 17.0. The molecule has 2 amide bonds. The maximum Gasteiger partial charge on any atom is 0.322 e. The summed E-state index contributed by atoms with van der Waals surface area (Å²) in [4.78, 5) is 20.6. The molecule has 150 valence electrons. The van der Waals surface area contributed by atoms with E-state index >= 15 is 0 Å². The van der Waals surface area contributed by atoms with Crippen LogP contribution in [0.2, 0.25) is 0 Å². The third-order valence-electron chi connectivity index (χ3n) is 5.05. The largest absolute Gasteiger partial charge is 0.494 e. The summed E-state index contributed by atoms with van der Waals surface area (Å²) in [5.74, 6) is 0.867. The Balaban J connectivity index is 1.46. The number of amides is 2. The number of thiazole rings is 1. The molecular weight excluding hydrogens is 382 g/mol. The van der Waals surface area contributed by atoms with Crippen LogP contribution in [0.3, 0.4) is 0 Å². The van der Waals surface area contributed by atoms with E-state index in [4.69, 9.17) is 9.72 Å². The number of hydrogen-bond acceptors (Lipinski definition) is 4. The number of benzene rings is 2. The van der Waals surface area contributed by atoms with Crippen molar-refractivity contribution in [1.29, 1.82) is 0 Å². The van der Waals surface area contributed by atoms with Gasteiger partial charge in [-0.15, -0.1) is 11.3 Å². The van der Waals surface area contributed by atoms with E-state index in [-0.39, 0.29) is 6.03 Å². The van der Waals surface area contributed by atoms with Gasteiger partial charge in [-0.25, -0.2) is 9.78 Å². The van der Waals surface area contributed by atoms with Crippen molar-refractivity contribution >= 4 is 23.1 Å². The van der Waals surface area contributed by atoms with Crippen molar-refractivity contribution in [2.75, 3.05) is 18.5 Å². The maximum atomic E-state index is 12.8. The Morgan fingerprint density at radius 1 is 1.21 bits per heavy atom. The van der Waals surface area contributed by atoms with E-state index in [1.54, 1.807) is 11.3 Å². The van der Waals surface area contributed by atoms with Crippen molar-refractivity contribution in [1.82, 2.24) is 9.88 Å².